The normalized spacial score (nSPS) is 28.3. The van der Waals surface area contributed by atoms with Crippen LogP contribution in [0.1, 0.15) is 39.0 Å². The molecule has 2 aliphatic heterocycles. The largest absolute Gasteiger partial charge is 0.394 e. The maximum absolute atomic E-state index is 9.36. The molecule has 19 heavy (non-hydrogen) atoms. The van der Waals surface area contributed by atoms with E-state index in [0.717, 1.165) is 12.5 Å². The van der Waals surface area contributed by atoms with Gasteiger partial charge < -0.3 is 15.3 Å². The Labute approximate surface area is 118 Å². The summed E-state index contributed by atoms with van der Waals surface area (Å²) >= 11 is 0. The third-order valence-electron chi connectivity index (χ3n) is 5.08. The molecule has 0 spiro atoms. The Balaban J connectivity index is 1.61. The fourth-order valence-corrected chi connectivity index (χ4v) is 3.39. The quantitative estimate of drug-likeness (QED) is 0.674. The van der Waals surface area contributed by atoms with Crippen molar-refractivity contribution < 1.29 is 5.11 Å². The van der Waals surface area contributed by atoms with Crippen LogP contribution in [0.15, 0.2) is 0 Å². The predicted octanol–water partition coefficient (Wildman–Crippen LogP) is 0.907. The summed E-state index contributed by atoms with van der Waals surface area (Å²) < 4.78 is 0. The smallest absolute Gasteiger partial charge is 0.0610 e. The van der Waals surface area contributed by atoms with E-state index in [1.54, 1.807) is 0 Å². The summed E-state index contributed by atoms with van der Waals surface area (Å²) in [4.78, 5) is 5.31. The topological polar surface area (TPSA) is 38.7 Å². The lowest BCUT2D eigenvalue weighted by Gasteiger charge is -2.37. The number of fused-ring (bicyclic) bond motifs is 1. The summed E-state index contributed by atoms with van der Waals surface area (Å²) in [7, 11) is 1.94. The Kier molecular flexibility index (Phi) is 5.63. The summed E-state index contributed by atoms with van der Waals surface area (Å²) in [6, 6.07) is 0.841. The van der Waals surface area contributed by atoms with Gasteiger partial charge in [0.15, 0.2) is 0 Å². The SMILES string of the molecule is CNC(C)(CO)CCCCN1CCN2CCCC2C1. The summed E-state index contributed by atoms with van der Waals surface area (Å²) in [5.41, 5.74) is -0.0931. The molecule has 0 radical (unpaired) electrons. The molecule has 0 bridgehead atoms. The fourth-order valence-electron chi connectivity index (χ4n) is 3.39. The monoisotopic (exact) mass is 269 g/mol. The number of nitrogens with zero attached hydrogens (tertiary/aromatic N) is 2. The summed E-state index contributed by atoms with van der Waals surface area (Å²) in [5, 5.41) is 12.6. The molecule has 2 fully saturated rings. The van der Waals surface area contributed by atoms with E-state index in [-0.39, 0.29) is 12.1 Å². The highest BCUT2D eigenvalue weighted by atomic mass is 16.3. The van der Waals surface area contributed by atoms with Gasteiger partial charge in [-0.1, -0.05) is 6.42 Å². The third-order valence-corrected chi connectivity index (χ3v) is 5.08. The molecule has 0 amide bonds. The van der Waals surface area contributed by atoms with Crippen LogP contribution in [0.25, 0.3) is 0 Å². The molecular formula is C15H31N3O. The Hall–Kier alpha value is -0.160. The van der Waals surface area contributed by atoms with Crippen molar-refractivity contribution in [1.82, 2.24) is 15.1 Å². The lowest BCUT2D eigenvalue weighted by molar-refractivity contribution is 0.101. The van der Waals surface area contributed by atoms with Gasteiger partial charge in [-0.3, -0.25) is 4.90 Å². The predicted molar refractivity (Wildman–Crippen MR) is 79.4 cm³/mol. The van der Waals surface area contributed by atoms with Crippen LogP contribution in [0.3, 0.4) is 0 Å². The number of aliphatic hydroxyl groups excluding tert-OH is 1. The zero-order chi connectivity index (χ0) is 13.7. The van der Waals surface area contributed by atoms with Crippen LogP contribution in [0.5, 0.6) is 0 Å². The lowest BCUT2D eigenvalue weighted by Crippen LogP contribution is -2.50. The van der Waals surface area contributed by atoms with E-state index >= 15 is 0 Å². The molecule has 2 saturated heterocycles. The molecule has 2 heterocycles. The maximum Gasteiger partial charge on any atom is 0.0610 e. The minimum absolute atomic E-state index is 0.0931. The van der Waals surface area contributed by atoms with Gasteiger partial charge in [-0.2, -0.15) is 0 Å². The van der Waals surface area contributed by atoms with Gasteiger partial charge >= 0.3 is 0 Å². The zero-order valence-electron chi connectivity index (χ0n) is 12.7. The second kappa shape index (κ2) is 7.02. The van der Waals surface area contributed by atoms with Crippen LogP contribution in [-0.4, -0.2) is 72.9 Å². The molecule has 0 saturated carbocycles. The molecule has 0 aromatic heterocycles. The lowest BCUT2D eigenvalue weighted by atomic mass is 9.96. The number of nitrogens with one attached hydrogen (secondary N) is 1. The average Bonchev–Trinajstić information content (AvgIpc) is 2.91. The first kappa shape index (κ1) is 15.2. The van der Waals surface area contributed by atoms with Crippen molar-refractivity contribution in [2.45, 2.75) is 50.6 Å². The van der Waals surface area contributed by atoms with Crippen molar-refractivity contribution in [1.29, 1.82) is 0 Å². The molecule has 2 rings (SSSR count). The van der Waals surface area contributed by atoms with Gasteiger partial charge in [0, 0.05) is 31.2 Å². The second-order valence-electron chi connectivity index (χ2n) is 6.56. The van der Waals surface area contributed by atoms with Gasteiger partial charge in [0.25, 0.3) is 0 Å². The van der Waals surface area contributed by atoms with Crippen LogP contribution in [0, 0.1) is 0 Å². The van der Waals surface area contributed by atoms with E-state index in [9.17, 15) is 5.11 Å². The highest BCUT2D eigenvalue weighted by Crippen LogP contribution is 2.22. The Morgan fingerprint density at radius 2 is 2.11 bits per heavy atom. The first-order valence-electron chi connectivity index (χ1n) is 7.93. The van der Waals surface area contributed by atoms with Gasteiger partial charge in [-0.05, 0) is 52.7 Å². The zero-order valence-corrected chi connectivity index (χ0v) is 12.7. The Morgan fingerprint density at radius 3 is 2.84 bits per heavy atom. The van der Waals surface area contributed by atoms with Crippen molar-refractivity contribution in [3.63, 3.8) is 0 Å². The van der Waals surface area contributed by atoms with Gasteiger partial charge in [0.1, 0.15) is 0 Å². The van der Waals surface area contributed by atoms with Crippen LogP contribution in [-0.2, 0) is 0 Å². The number of unbranched alkanes of at least 4 members (excludes halogenated alkanes) is 1. The summed E-state index contributed by atoms with van der Waals surface area (Å²) in [6.45, 7) is 8.69. The number of likely N-dealkylation sites (N-methyl/N-ethyl adjacent to an activating group) is 1. The molecule has 112 valence electrons. The number of aliphatic hydroxyl groups is 1. The molecule has 2 aliphatic rings. The van der Waals surface area contributed by atoms with E-state index in [1.165, 1.54) is 58.4 Å². The molecule has 0 aromatic carbocycles. The van der Waals surface area contributed by atoms with Crippen molar-refractivity contribution in [3.05, 3.63) is 0 Å². The molecule has 0 aliphatic carbocycles. The molecular weight excluding hydrogens is 238 g/mol. The van der Waals surface area contributed by atoms with Crippen LogP contribution < -0.4 is 5.32 Å². The Bertz CT molecular complexity index is 268. The van der Waals surface area contributed by atoms with Crippen molar-refractivity contribution >= 4 is 0 Å². The minimum atomic E-state index is -0.0931. The molecule has 2 atom stereocenters. The van der Waals surface area contributed by atoms with Crippen LogP contribution >= 0.6 is 0 Å². The van der Waals surface area contributed by atoms with Crippen molar-refractivity contribution in [3.8, 4) is 0 Å². The first-order valence-corrected chi connectivity index (χ1v) is 7.93. The molecule has 4 heteroatoms. The first-order chi connectivity index (χ1) is 9.17. The summed E-state index contributed by atoms with van der Waals surface area (Å²) in [5.74, 6) is 0. The van der Waals surface area contributed by atoms with E-state index in [0.29, 0.717) is 0 Å². The van der Waals surface area contributed by atoms with Crippen LogP contribution in [0.4, 0.5) is 0 Å². The Morgan fingerprint density at radius 1 is 1.26 bits per heavy atom. The van der Waals surface area contributed by atoms with Gasteiger partial charge in [0.05, 0.1) is 6.61 Å². The second-order valence-corrected chi connectivity index (χ2v) is 6.56. The highest BCUT2D eigenvalue weighted by Gasteiger charge is 2.30. The number of piperazine rings is 1. The van der Waals surface area contributed by atoms with Crippen molar-refractivity contribution in [2.75, 3.05) is 46.4 Å². The van der Waals surface area contributed by atoms with Crippen LogP contribution in [0.2, 0.25) is 0 Å². The minimum Gasteiger partial charge on any atom is -0.394 e. The van der Waals surface area contributed by atoms with Crippen molar-refractivity contribution in [2.24, 2.45) is 0 Å². The van der Waals surface area contributed by atoms with E-state index < -0.39 is 0 Å². The molecule has 2 unspecified atom stereocenters. The van der Waals surface area contributed by atoms with Gasteiger partial charge in [-0.15, -0.1) is 0 Å². The van der Waals surface area contributed by atoms with E-state index in [4.69, 9.17) is 0 Å². The van der Waals surface area contributed by atoms with Gasteiger partial charge in [-0.25, -0.2) is 0 Å². The maximum atomic E-state index is 9.36. The molecule has 0 aromatic rings. The molecule has 4 nitrogen and oxygen atoms in total. The van der Waals surface area contributed by atoms with E-state index in [2.05, 4.69) is 22.0 Å². The summed E-state index contributed by atoms with van der Waals surface area (Å²) in [6.07, 6.45) is 6.31. The van der Waals surface area contributed by atoms with E-state index in [1.807, 2.05) is 7.05 Å². The number of hydrogen-bond acceptors (Lipinski definition) is 4. The standard InChI is InChI=1S/C15H31N3O/c1-15(13-19,16-2)7-3-4-8-17-10-11-18-9-5-6-14(18)12-17/h14,16,19H,3-13H2,1-2H3. The number of hydrogen-bond donors (Lipinski definition) is 2. The molecule has 2 N–H and O–H groups in total. The average molecular weight is 269 g/mol. The highest BCUT2D eigenvalue weighted by molar-refractivity contribution is 4.87. The fraction of sp³-hybridized carbons (Fsp3) is 1.00. The van der Waals surface area contributed by atoms with Gasteiger partial charge in [0.2, 0.25) is 0 Å². The third kappa shape index (κ3) is 4.15. The number of rotatable bonds is 7.